The second kappa shape index (κ2) is 7.56. The number of anilines is 1. The van der Waals surface area contributed by atoms with E-state index in [1.165, 1.54) is 12.3 Å². The number of amides is 3. The van der Waals surface area contributed by atoms with E-state index >= 15 is 0 Å². The molecule has 0 fully saturated rings. The van der Waals surface area contributed by atoms with Crippen LogP contribution in [-0.4, -0.2) is 33.4 Å². The third-order valence-electron chi connectivity index (χ3n) is 4.30. The molecule has 2 heterocycles. The predicted octanol–water partition coefficient (Wildman–Crippen LogP) is 2.16. The summed E-state index contributed by atoms with van der Waals surface area (Å²) < 4.78 is 27.4. The fourth-order valence-electron chi connectivity index (χ4n) is 2.80. The summed E-state index contributed by atoms with van der Waals surface area (Å²) in [5.74, 6) is -2.59. The van der Waals surface area contributed by atoms with E-state index in [1.807, 2.05) is 6.07 Å². The number of hydrogen-bond acceptors (Lipinski definition) is 5. The van der Waals surface area contributed by atoms with Crippen molar-refractivity contribution in [3.63, 3.8) is 0 Å². The number of halogens is 2. The van der Waals surface area contributed by atoms with Crippen LogP contribution < -0.4 is 10.6 Å². The number of carbonyl (C=O) groups excluding carboxylic acids is 2. The van der Waals surface area contributed by atoms with E-state index in [0.717, 1.165) is 11.0 Å². The van der Waals surface area contributed by atoms with Crippen molar-refractivity contribution in [3.05, 3.63) is 52.6 Å². The van der Waals surface area contributed by atoms with Gasteiger partial charge in [-0.3, -0.25) is 9.78 Å². The lowest BCUT2D eigenvalue weighted by Crippen LogP contribution is -2.45. The molecule has 28 heavy (non-hydrogen) atoms. The van der Waals surface area contributed by atoms with Gasteiger partial charge >= 0.3 is 6.03 Å². The van der Waals surface area contributed by atoms with Crippen LogP contribution in [0.25, 0.3) is 0 Å². The lowest BCUT2D eigenvalue weighted by Gasteiger charge is -2.29. The Morgan fingerprint density at radius 2 is 2.21 bits per heavy atom. The molecule has 0 unspecified atom stereocenters. The monoisotopic (exact) mass is 386 g/mol. The van der Waals surface area contributed by atoms with E-state index < -0.39 is 29.6 Å². The Bertz CT molecular complexity index is 1000. The van der Waals surface area contributed by atoms with E-state index in [2.05, 4.69) is 20.6 Å². The second-order valence-corrected chi connectivity index (χ2v) is 6.30. The summed E-state index contributed by atoms with van der Waals surface area (Å²) in [4.78, 5) is 33.7. The van der Waals surface area contributed by atoms with Crippen LogP contribution in [0, 0.1) is 29.9 Å². The van der Waals surface area contributed by atoms with Gasteiger partial charge in [0.25, 0.3) is 0 Å². The lowest BCUT2D eigenvalue weighted by atomic mass is 10.1. The Labute approximate surface area is 159 Å². The number of hydrogen-bond donors (Lipinski definition) is 2. The highest BCUT2D eigenvalue weighted by Crippen LogP contribution is 2.27. The van der Waals surface area contributed by atoms with Crippen LogP contribution in [0.4, 0.5) is 19.3 Å². The minimum atomic E-state index is -1.06. The average molecular weight is 386 g/mol. The first-order valence-electron chi connectivity index (χ1n) is 8.36. The van der Waals surface area contributed by atoms with Crippen molar-refractivity contribution in [3.8, 4) is 6.07 Å². The number of carbonyl (C=O) groups is 2. The number of nitrogens with one attached hydrogen (secondary N) is 2. The molecular formula is C18H16F2N6O2. The number of aryl methyl sites for hydroxylation is 1. The molecule has 2 N–H and O–H groups in total. The quantitative estimate of drug-likeness (QED) is 0.837. The molecule has 0 aliphatic carbocycles. The van der Waals surface area contributed by atoms with E-state index in [4.69, 9.17) is 5.26 Å². The Hall–Kier alpha value is -3.61. The van der Waals surface area contributed by atoms with Crippen LogP contribution in [0.1, 0.15) is 35.6 Å². The number of fused-ring (bicyclic) bond motifs is 1. The highest BCUT2D eigenvalue weighted by Gasteiger charge is 2.28. The van der Waals surface area contributed by atoms with Gasteiger partial charge in [0.2, 0.25) is 5.91 Å². The maximum atomic E-state index is 14.0. The maximum Gasteiger partial charge on any atom is 0.322 e. The smallest absolute Gasteiger partial charge is 0.322 e. The predicted molar refractivity (Wildman–Crippen MR) is 93.8 cm³/mol. The van der Waals surface area contributed by atoms with Gasteiger partial charge in [-0.2, -0.15) is 5.26 Å². The molecule has 10 heteroatoms. The number of aromatic nitrogens is 2. The zero-order valence-corrected chi connectivity index (χ0v) is 15.1. The molecule has 0 spiro atoms. The fraction of sp³-hybridized carbons (Fsp3) is 0.278. The van der Waals surface area contributed by atoms with Crippen LogP contribution in [0.3, 0.4) is 0 Å². The van der Waals surface area contributed by atoms with Gasteiger partial charge in [-0.25, -0.2) is 18.6 Å². The Kier molecular flexibility index (Phi) is 5.17. The van der Waals surface area contributed by atoms with Crippen LogP contribution in [0.5, 0.6) is 0 Å². The molecule has 1 aliphatic heterocycles. The number of rotatable bonds is 4. The first-order chi connectivity index (χ1) is 13.3. The number of benzene rings is 1. The number of urea groups is 1. The molecule has 144 valence electrons. The molecule has 1 aliphatic rings. The van der Waals surface area contributed by atoms with Crippen molar-refractivity contribution in [1.29, 1.82) is 5.26 Å². The molecule has 0 radical (unpaired) electrons. The Balaban J connectivity index is 1.67. The molecule has 1 aromatic carbocycles. The van der Waals surface area contributed by atoms with Crippen LogP contribution in [-0.2, 0) is 11.3 Å². The van der Waals surface area contributed by atoms with Gasteiger partial charge in [-0.05, 0) is 26.0 Å². The van der Waals surface area contributed by atoms with Gasteiger partial charge in [0.15, 0.2) is 17.3 Å². The summed E-state index contributed by atoms with van der Waals surface area (Å²) in [5, 5.41) is 14.0. The first kappa shape index (κ1) is 19.2. The van der Waals surface area contributed by atoms with Crippen LogP contribution in [0.15, 0.2) is 18.3 Å². The molecular weight excluding hydrogens is 370 g/mol. The SMILES string of the molecule is Cc1nc([C@H](C)NC(=O)CN2Cc3c(ccc(F)c3F)NC2=O)cnc1C#N. The van der Waals surface area contributed by atoms with Crippen molar-refractivity contribution in [1.82, 2.24) is 20.2 Å². The average Bonchev–Trinajstić information content (AvgIpc) is 2.66. The third-order valence-corrected chi connectivity index (χ3v) is 4.30. The van der Waals surface area contributed by atoms with E-state index in [9.17, 15) is 18.4 Å². The second-order valence-electron chi connectivity index (χ2n) is 6.30. The van der Waals surface area contributed by atoms with Crippen molar-refractivity contribution in [2.45, 2.75) is 26.4 Å². The molecule has 2 aromatic rings. The summed E-state index contributed by atoms with van der Waals surface area (Å²) in [6.45, 7) is 2.72. The fourth-order valence-corrected chi connectivity index (χ4v) is 2.80. The van der Waals surface area contributed by atoms with Gasteiger partial charge in [0.1, 0.15) is 12.6 Å². The molecule has 1 atom stereocenters. The van der Waals surface area contributed by atoms with E-state index in [-0.39, 0.29) is 30.0 Å². The Morgan fingerprint density at radius 1 is 1.46 bits per heavy atom. The number of nitrogens with zero attached hydrogens (tertiary/aromatic N) is 4. The van der Waals surface area contributed by atoms with Crippen molar-refractivity contribution < 1.29 is 18.4 Å². The first-order valence-corrected chi connectivity index (χ1v) is 8.36. The summed E-state index contributed by atoms with van der Waals surface area (Å²) in [6.07, 6.45) is 1.39. The van der Waals surface area contributed by atoms with Crippen molar-refractivity contribution >= 4 is 17.6 Å². The normalized spacial score (nSPS) is 14.0. The lowest BCUT2D eigenvalue weighted by molar-refractivity contribution is -0.122. The Morgan fingerprint density at radius 3 is 2.89 bits per heavy atom. The van der Waals surface area contributed by atoms with Crippen molar-refractivity contribution in [2.75, 3.05) is 11.9 Å². The van der Waals surface area contributed by atoms with E-state index in [1.54, 1.807) is 13.8 Å². The highest BCUT2D eigenvalue weighted by molar-refractivity contribution is 5.94. The van der Waals surface area contributed by atoms with Crippen molar-refractivity contribution in [2.24, 2.45) is 0 Å². The molecule has 0 saturated heterocycles. The molecule has 0 bridgehead atoms. The van der Waals surface area contributed by atoms with Crippen LogP contribution >= 0.6 is 0 Å². The molecule has 3 rings (SSSR count). The minimum absolute atomic E-state index is 0.0194. The minimum Gasteiger partial charge on any atom is -0.346 e. The summed E-state index contributed by atoms with van der Waals surface area (Å²) >= 11 is 0. The molecule has 8 nitrogen and oxygen atoms in total. The van der Waals surface area contributed by atoms with Gasteiger partial charge in [-0.1, -0.05) is 0 Å². The maximum absolute atomic E-state index is 14.0. The highest BCUT2D eigenvalue weighted by atomic mass is 19.2. The van der Waals surface area contributed by atoms with Gasteiger partial charge < -0.3 is 15.5 Å². The van der Waals surface area contributed by atoms with Gasteiger partial charge in [0, 0.05) is 5.56 Å². The zero-order chi connectivity index (χ0) is 20.4. The zero-order valence-electron chi connectivity index (χ0n) is 15.1. The molecule has 0 saturated carbocycles. The van der Waals surface area contributed by atoms with Crippen LogP contribution in [0.2, 0.25) is 0 Å². The van der Waals surface area contributed by atoms with Gasteiger partial charge in [0.05, 0.1) is 35.9 Å². The van der Waals surface area contributed by atoms with E-state index in [0.29, 0.717) is 11.4 Å². The summed E-state index contributed by atoms with van der Waals surface area (Å²) in [6, 6.07) is 3.00. The standard InChI is InChI=1S/C18H16F2N6O2/c1-9-14(5-21)22-6-15(23-9)10(2)24-16(27)8-26-7-11-13(25-18(26)28)4-3-12(19)17(11)20/h3-4,6,10H,7-8H2,1-2H3,(H,24,27)(H,25,28)/t10-/m0/s1. The number of nitriles is 1. The van der Waals surface area contributed by atoms with Gasteiger partial charge in [-0.15, -0.1) is 0 Å². The molecule has 1 aromatic heterocycles. The topological polar surface area (TPSA) is 111 Å². The summed E-state index contributed by atoms with van der Waals surface area (Å²) in [5.41, 5.74) is 1.24. The summed E-state index contributed by atoms with van der Waals surface area (Å²) in [7, 11) is 0. The molecule has 3 amide bonds. The third kappa shape index (κ3) is 3.73. The largest absolute Gasteiger partial charge is 0.346 e.